The number of carbonyl (C=O) groups is 2. The van der Waals surface area contributed by atoms with Crippen molar-refractivity contribution in [3.8, 4) is 11.1 Å². The molecular formula is C22H22N2O4. The van der Waals surface area contributed by atoms with Crippen LogP contribution in [-0.4, -0.2) is 53.2 Å². The molecule has 0 aliphatic carbocycles. The van der Waals surface area contributed by atoms with Gasteiger partial charge in [-0.3, -0.25) is 9.59 Å². The summed E-state index contributed by atoms with van der Waals surface area (Å²) in [6.45, 7) is 0. The third kappa shape index (κ3) is 4.19. The number of rotatable bonds is 5. The van der Waals surface area contributed by atoms with E-state index < -0.39 is 24.0 Å². The molecule has 6 heteroatoms. The average Bonchev–Trinajstić information content (AvgIpc) is 2.72. The summed E-state index contributed by atoms with van der Waals surface area (Å²) in [5.41, 5.74) is 2.48. The van der Waals surface area contributed by atoms with E-state index in [2.05, 4.69) is 29.6 Å². The Morgan fingerprint density at radius 3 is 2.07 bits per heavy atom. The van der Waals surface area contributed by atoms with Crippen LogP contribution in [0.15, 0.2) is 66.7 Å². The highest BCUT2D eigenvalue weighted by molar-refractivity contribution is 5.98. The fraction of sp³-hybridized carbons (Fsp3) is 0.182. The van der Waals surface area contributed by atoms with Crippen molar-refractivity contribution in [1.29, 1.82) is 0 Å². The lowest BCUT2D eigenvalue weighted by molar-refractivity contribution is -0.149. The van der Waals surface area contributed by atoms with Gasteiger partial charge in [-0.05, 0) is 40.1 Å². The Hall–Kier alpha value is -3.22. The fourth-order valence-corrected chi connectivity index (χ4v) is 2.87. The number of hydrogen-bond acceptors (Lipinski definition) is 4. The number of benzene rings is 3. The lowest BCUT2D eigenvalue weighted by Gasteiger charge is -2.20. The number of aliphatic hydroxyl groups is 2. The van der Waals surface area contributed by atoms with Crippen molar-refractivity contribution in [2.45, 2.75) is 12.2 Å². The number of nitrogens with one attached hydrogen (secondary N) is 1. The van der Waals surface area contributed by atoms with Gasteiger partial charge in [-0.15, -0.1) is 0 Å². The van der Waals surface area contributed by atoms with Gasteiger partial charge in [-0.2, -0.15) is 0 Å². The molecule has 3 aromatic carbocycles. The highest BCUT2D eigenvalue weighted by Gasteiger charge is 2.31. The second kappa shape index (κ2) is 8.21. The van der Waals surface area contributed by atoms with Crippen LogP contribution in [0.3, 0.4) is 0 Å². The van der Waals surface area contributed by atoms with Crippen molar-refractivity contribution in [2.75, 3.05) is 19.4 Å². The molecule has 144 valence electrons. The zero-order valence-electron chi connectivity index (χ0n) is 15.7. The minimum Gasteiger partial charge on any atom is -0.380 e. The first-order chi connectivity index (χ1) is 13.4. The molecule has 28 heavy (non-hydrogen) atoms. The van der Waals surface area contributed by atoms with Gasteiger partial charge in [0.1, 0.15) is 0 Å². The molecule has 6 nitrogen and oxygen atoms in total. The first-order valence-electron chi connectivity index (χ1n) is 8.84. The molecule has 3 rings (SSSR count). The molecule has 0 heterocycles. The van der Waals surface area contributed by atoms with Gasteiger partial charge in [0.05, 0.1) is 0 Å². The molecule has 0 bridgehead atoms. The topological polar surface area (TPSA) is 89.9 Å². The van der Waals surface area contributed by atoms with Gasteiger partial charge in [0, 0.05) is 19.8 Å². The Kier molecular flexibility index (Phi) is 5.73. The van der Waals surface area contributed by atoms with Crippen LogP contribution in [0.25, 0.3) is 21.9 Å². The molecule has 0 saturated heterocycles. The molecule has 0 saturated carbocycles. The number of nitrogens with zero attached hydrogens (tertiary/aromatic N) is 1. The molecule has 2 atom stereocenters. The van der Waals surface area contributed by atoms with Gasteiger partial charge >= 0.3 is 0 Å². The maximum Gasteiger partial charge on any atom is 0.256 e. The first-order valence-corrected chi connectivity index (χ1v) is 8.84. The van der Waals surface area contributed by atoms with Gasteiger partial charge in [0.25, 0.3) is 11.8 Å². The zero-order chi connectivity index (χ0) is 20.3. The van der Waals surface area contributed by atoms with Crippen molar-refractivity contribution in [3.63, 3.8) is 0 Å². The third-order valence-electron chi connectivity index (χ3n) is 4.50. The molecule has 3 N–H and O–H groups in total. The summed E-state index contributed by atoms with van der Waals surface area (Å²) in [7, 11) is 2.86. The summed E-state index contributed by atoms with van der Waals surface area (Å²) < 4.78 is 0. The lowest BCUT2D eigenvalue weighted by atomic mass is 10.0. The van der Waals surface area contributed by atoms with E-state index in [1.165, 1.54) is 14.1 Å². The van der Waals surface area contributed by atoms with Gasteiger partial charge < -0.3 is 20.4 Å². The maximum atomic E-state index is 12.1. The normalized spacial score (nSPS) is 13.0. The Labute approximate surface area is 163 Å². The van der Waals surface area contributed by atoms with E-state index in [4.69, 9.17) is 0 Å². The summed E-state index contributed by atoms with van der Waals surface area (Å²) in [6.07, 6.45) is -3.66. The van der Waals surface area contributed by atoms with Crippen LogP contribution in [0.4, 0.5) is 5.69 Å². The van der Waals surface area contributed by atoms with E-state index in [9.17, 15) is 19.8 Å². The molecule has 2 amide bonds. The lowest BCUT2D eigenvalue weighted by Crippen LogP contribution is -2.47. The second-order valence-corrected chi connectivity index (χ2v) is 6.75. The quantitative estimate of drug-likeness (QED) is 0.635. The Morgan fingerprint density at radius 2 is 1.43 bits per heavy atom. The predicted octanol–water partition coefficient (Wildman–Crippen LogP) is 2.26. The molecule has 0 aromatic heterocycles. The highest BCUT2D eigenvalue weighted by atomic mass is 16.3. The molecule has 0 spiro atoms. The van der Waals surface area contributed by atoms with Gasteiger partial charge in [0.2, 0.25) is 0 Å². The SMILES string of the molecule is CN(C)C(=O)C(O)C(O)C(=O)Nc1ccc(-c2ccc3ccccc3c2)cc1. The Balaban J connectivity index is 1.71. The molecular weight excluding hydrogens is 356 g/mol. The van der Waals surface area contributed by atoms with Crippen LogP contribution in [-0.2, 0) is 9.59 Å². The molecule has 2 unspecified atom stereocenters. The van der Waals surface area contributed by atoms with Crippen molar-refractivity contribution in [1.82, 2.24) is 4.90 Å². The number of anilines is 1. The average molecular weight is 378 g/mol. The maximum absolute atomic E-state index is 12.1. The van der Waals surface area contributed by atoms with E-state index in [0.29, 0.717) is 5.69 Å². The first kappa shape index (κ1) is 19.5. The summed E-state index contributed by atoms with van der Waals surface area (Å²) in [4.78, 5) is 24.9. The fourth-order valence-electron chi connectivity index (χ4n) is 2.87. The number of hydrogen-bond donors (Lipinski definition) is 3. The van der Waals surface area contributed by atoms with Crippen LogP contribution in [0.2, 0.25) is 0 Å². The summed E-state index contributed by atoms with van der Waals surface area (Å²) in [6, 6.07) is 21.4. The van der Waals surface area contributed by atoms with E-state index in [0.717, 1.165) is 26.8 Å². The minimum atomic E-state index is -1.85. The van der Waals surface area contributed by atoms with Crippen LogP contribution < -0.4 is 5.32 Å². The number of likely N-dealkylation sites (N-methyl/N-ethyl adjacent to an activating group) is 1. The number of fused-ring (bicyclic) bond motifs is 1. The Bertz CT molecular complexity index is 999. The van der Waals surface area contributed by atoms with Crippen molar-refractivity contribution in [3.05, 3.63) is 66.7 Å². The van der Waals surface area contributed by atoms with Gasteiger partial charge in [0.15, 0.2) is 12.2 Å². The predicted molar refractivity (Wildman–Crippen MR) is 109 cm³/mol. The standard InChI is InChI=1S/C22H22N2O4/c1-24(2)22(28)20(26)19(25)21(27)23-18-11-9-15(10-12-18)17-8-7-14-5-3-4-6-16(14)13-17/h3-13,19-20,25-26H,1-2H3,(H,23,27). The van der Waals surface area contributed by atoms with Gasteiger partial charge in [-0.1, -0.05) is 48.5 Å². The van der Waals surface area contributed by atoms with Crippen LogP contribution in [0, 0.1) is 0 Å². The summed E-state index contributed by atoms with van der Waals surface area (Å²) in [5, 5.41) is 24.5. The number of carbonyl (C=O) groups excluding carboxylic acids is 2. The molecule has 3 aromatic rings. The van der Waals surface area contributed by atoms with Gasteiger partial charge in [-0.25, -0.2) is 0 Å². The highest BCUT2D eigenvalue weighted by Crippen LogP contribution is 2.25. The summed E-state index contributed by atoms with van der Waals surface area (Å²) in [5.74, 6) is -1.59. The smallest absolute Gasteiger partial charge is 0.256 e. The van der Waals surface area contributed by atoms with E-state index in [1.54, 1.807) is 12.1 Å². The van der Waals surface area contributed by atoms with Crippen LogP contribution >= 0.6 is 0 Å². The third-order valence-corrected chi connectivity index (χ3v) is 4.50. The number of aliphatic hydroxyl groups excluding tert-OH is 2. The van der Waals surface area contributed by atoms with Crippen molar-refractivity contribution in [2.24, 2.45) is 0 Å². The molecule has 0 aliphatic heterocycles. The molecule has 0 radical (unpaired) electrons. The van der Waals surface area contributed by atoms with E-state index in [-0.39, 0.29) is 0 Å². The Morgan fingerprint density at radius 1 is 0.821 bits per heavy atom. The van der Waals surface area contributed by atoms with Crippen molar-refractivity contribution < 1.29 is 19.8 Å². The molecule has 0 aliphatic rings. The number of amides is 2. The summed E-state index contributed by atoms with van der Waals surface area (Å²) >= 11 is 0. The zero-order valence-corrected chi connectivity index (χ0v) is 15.7. The van der Waals surface area contributed by atoms with Crippen molar-refractivity contribution >= 4 is 28.3 Å². The van der Waals surface area contributed by atoms with E-state index in [1.807, 2.05) is 30.3 Å². The second-order valence-electron chi connectivity index (χ2n) is 6.75. The van der Waals surface area contributed by atoms with Crippen LogP contribution in [0.1, 0.15) is 0 Å². The monoisotopic (exact) mass is 378 g/mol. The van der Waals surface area contributed by atoms with Crippen LogP contribution in [0.5, 0.6) is 0 Å². The minimum absolute atomic E-state index is 0.457. The molecule has 0 fully saturated rings. The largest absolute Gasteiger partial charge is 0.380 e. The van der Waals surface area contributed by atoms with E-state index >= 15 is 0 Å².